The van der Waals surface area contributed by atoms with Gasteiger partial charge in [-0.3, -0.25) is 4.79 Å². The van der Waals surface area contributed by atoms with Crippen LogP contribution >= 0.6 is 11.3 Å². The maximum atomic E-state index is 12.4. The Morgan fingerprint density at radius 1 is 1.21 bits per heavy atom. The molecule has 188 valence electrons. The Kier molecular flexibility index (Phi) is 8.29. The molecule has 2 aromatic rings. The highest BCUT2D eigenvalue weighted by Crippen LogP contribution is 2.34. The number of carbonyl (C=O) groups excluding carboxylic acids is 1. The molecule has 1 saturated carbocycles. The van der Waals surface area contributed by atoms with E-state index in [9.17, 15) is 18.0 Å². The van der Waals surface area contributed by atoms with Gasteiger partial charge in [0.05, 0.1) is 17.8 Å². The molecule has 1 fully saturated rings. The van der Waals surface area contributed by atoms with E-state index in [1.807, 2.05) is 13.0 Å². The number of aryl methyl sites for hydroxylation is 1. The molecule has 6 nitrogen and oxygen atoms in total. The standard InChI is InChI=1S/C24H32F3N3O3S/c1-16-12-20(33-29-16)14-19(31)13-18-4-2-17(3-5-18)6-9-30-10-7-21-22(8-11-30)34-23(28-21)32-15-24(25,26)27/h12,17-18H,2-11,13-15H2,1H3. The third kappa shape index (κ3) is 7.53. The summed E-state index contributed by atoms with van der Waals surface area (Å²) in [4.78, 5) is 20.1. The van der Waals surface area contributed by atoms with Gasteiger partial charge in [0, 0.05) is 36.9 Å². The van der Waals surface area contributed by atoms with Crippen LogP contribution < -0.4 is 4.74 Å². The number of ketones is 1. The Labute approximate surface area is 201 Å². The van der Waals surface area contributed by atoms with Crippen LogP contribution in [-0.4, -0.2) is 53.2 Å². The van der Waals surface area contributed by atoms with Crippen molar-refractivity contribution in [1.82, 2.24) is 15.0 Å². The third-order valence-electron chi connectivity index (χ3n) is 6.82. The number of alkyl halides is 3. The van der Waals surface area contributed by atoms with Crippen molar-refractivity contribution in [3.8, 4) is 5.19 Å². The number of hydrogen-bond acceptors (Lipinski definition) is 7. The number of Topliss-reactive ketones (excluding diaryl/α,β-unsaturated/α-hetero) is 1. The van der Waals surface area contributed by atoms with Crippen molar-refractivity contribution in [1.29, 1.82) is 0 Å². The van der Waals surface area contributed by atoms with E-state index in [-0.39, 0.29) is 11.0 Å². The molecule has 0 amide bonds. The maximum absolute atomic E-state index is 12.4. The van der Waals surface area contributed by atoms with Gasteiger partial charge in [-0.2, -0.15) is 13.2 Å². The van der Waals surface area contributed by atoms with Crippen molar-refractivity contribution in [2.45, 2.75) is 70.9 Å². The monoisotopic (exact) mass is 499 g/mol. The lowest BCUT2D eigenvalue weighted by Crippen LogP contribution is -2.30. The molecule has 0 bridgehead atoms. The molecule has 4 rings (SSSR count). The first-order valence-electron chi connectivity index (χ1n) is 12.1. The normalized spacial score (nSPS) is 21.8. The summed E-state index contributed by atoms with van der Waals surface area (Å²) in [6.07, 6.45) is 3.88. The molecule has 0 aromatic carbocycles. The number of hydrogen-bond donors (Lipinski definition) is 0. The molecule has 1 aliphatic carbocycles. The minimum atomic E-state index is -4.34. The van der Waals surface area contributed by atoms with E-state index in [0.29, 0.717) is 30.4 Å². The van der Waals surface area contributed by atoms with Crippen LogP contribution in [0.5, 0.6) is 5.19 Å². The molecule has 0 spiro atoms. The summed E-state index contributed by atoms with van der Waals surface area (Å²) in [5.74, 6) is 2.06. The van der Waals surface area contributed by atoms with E-state index in [1.165, 1.54) is 24.2 Å². The van der Waals surface area contributed by atoms with E-state index in [0.717, 1.165) is 68.0 Å². The van der Waals surface area contributed by atoms with Crippen molar-refractivity contribution in [3.05, 3.63) is 28.1 Å². The van der Waals surface area contributed by atoms with Crippen molar-refractivity contribution in [3.63, 3.8) is 0 Å². The molecule has 3 heterocycles. The number of thiazole rings is 1. The minimum absolute atomic E-state index is 0.127. The number of fused-ring (bicyclic) bond motifs is 1. The highest BCUT2D eigenvalue weighted by atomic mass is 32.1. The number of nitrogens with zero attached hydrogens (tertiary/aromatic N) is 3. The van der Waals surface area contributed by atoms with Gasteiger partial charge in [0.25, 0.3) is 5.19 Å². The lowest BCUT2D eigenvalue weighted by molar-refractivity contribution is -0.153. The van der Waals surface area contributed by atoms with Gasteiger partial charge in [-0.15, -0.1) is 0 Å². The predicted octanol–water partition coefficient (Wildman–Crippen LogP) is 5.18. The zero-order valence-electron chi connectivity index (χ0n) is 19.5. The molecule has 0 unspecified atom stereocenters. The Balaban J connectivity index is 1.13. The van der Waals surface area contributed by atoms with Crippen LogP contribution in [0.2, 0.25) is 0 Å². The number of halogens is 3. The summed E-state index contributed by atoms with van der Waals surface area (Å²) in [5, 5.41) is 3.97. The van der Waals surface area contributed by atoms with Crippen LogP contribution in [-0.2, 0) is 24.1 Å². The number of carbonyl (C=O) groups is 1. The molecule has 0 atom stereocenters. The first-order chi connectivity index (χ1) is 16.2. The Morgan fingerprint density at radius 3 is 2.65 bits per heavy atom. The van der Waals surface area contributed by atoms with E-state index in [1.54, 1.807) is 0 Å². The summed E-state index contributed by atoms with van der Waals surface area (Å²) >= 11 is 1.25. The zero-order valence-corrected chi connectivity index (χ0v) is 20.3. The molecule has 2 aliphatic rings. The van der Waals surface area contributed by atoms with Crippen LogP contribution in [0.3, 0.4) is 0 Å². The Bertz CT molecular complexity index is 925. The topological polar surface area (TPSA) is 68.5 Å². The fraction of sp³-hybridized carbons (Fsp3) is 0.708. The van der Waals surface area contributed by atoms with Crippen LogP contribution in [0, 0.1) is 18.8 Å². The summed E-state index contributed by atoms with van der Waals surface area (Å²) in [7, 11) is 0. The fourth-order valence-electron chi connectivity index (χ4n) is 4.99. The molecular weight excluding hydrogens is 467 g/mol. The second-order valence-electron chi connectivity index (χ2n) is 9.62. The minimum Gasteiger partial charge on any atom is -0.460 e. The van der Waals surface area contributed by atoms with E-state index in [2.05, 4.69) is 15.0 Å². The Hall–Kier alpha value is -1.94. The molecule has 34 heavy (non-hydrogen) atoms. The van der Waals surface area contributed by atoms with Crippen LogP contribution in [0.1, 0.15) is 60.6 Å². The lowest BCUT2D eigenvalue weighted by atomic mass is 9.78. The van der Waals surface area contributed by atoms with Crippen molar-refractivity contribution in [2.24, 2.45) is 11.8 Å². The number of ether oxygens (including phenoxy) is 1. The first-order valence-corrected chi connectivity index (χ1v) is 12.9. The van der Waals surface area contributed by atoms with Crippen molar-refractivity contribution in [2.75, 3.05) is 26.2 Å². The molecule has 2 aromatic heterocycles. The maximum Gasteiger partial charge on any atom is 0.422 e. The molecule has 10 heteroatoms. The average Bonchev–Trinajstić information content (AvgIpc) is 3.32. The summed E-state index contributed by atoms with van der Waals surface area (Å²) < 4.78 is 47.1. The van der Waals surface area contributed by atoms with Crippen LogP contribution in [0.15, 0.2) is 10.6 Å². The van der Waals surface area contributed by atoms with E-state index < -0.39 is 12.8 Å². The second kappa shape index (κ2) is 11.2. The van der Waals surface area contributed by atoms with Gasteiger partial charge < -0.3 is 14.2 Å². The van der Waals surface area contributed by atoms with Gasteiger partial charge in [0.1, 0.15) is 11.5 Å². The van der Waals surface area contributed by atoms with E-state index >= 15 is 0 Å². The molecule has 0 N–H and O–H groups in total. The highest BCUT2D eigenvalue weighted by molar-refractivity contribution is 7.13. The average molecular weight is 500 g/mol. The molecule has 0 saturated heterocycles. The van der Waals surface area contributed by atoms with Gasteiger partial charge in [-0.05, 0) is 51.0 Å². The molecule has 1 aliphatic heterocycles. The van der Waals surface area contributed by atoms with Gasteiger partial charge >= 0.3 is 6.18 Å². The van der Waals surface area contributed by atoms with Gasteiger partial charge in [-0.25, -0.2) is 4.98 Å². The van der Waals surface area contributed by atoms with Crippen molar-refractivity contribution >= 4 is 17.1 Å². The van der Waals surface area contributed by atoms with Crippen LogP contribution in [0.25, 0.3) is 0 Å². The van der Waals surface area contributed by atoms with Crippen LogP contribution in [0.4, 0.5) is 13.2 Å². The summed E-state index contributed by atoms with van der Waals surface area (Å²) in [6, 6.07) is 1.83. The lowest BCUT2D eigenvalue weighted by Gasteiger charge is -2.30. The fourth-order valence-corrected chi connectivity index (χ4v) is 5.94. The van der Waals surface area contributed by atoms with E-state index in [4.69, 9.17) is 9.26 Å². The number of aromatic nitrogens is 2. The molecule has 0 radical (unpaired) electrons. The highest BCUT2D eigenvalue weighted by Gasteiger charge is 2.30. The Morgan fingerprint density at radius 2 is 1.94 bits per heavy atom. The number of rotatable bonds is 9. The quantitative estimate of drug-likeness (QED) is 0.474. The summed E-state index contributed by atoms with van der Waals surface area (Å²) in [6.45, 7) is 3.38. The summed E-state index contributed by atoms with van der Waals surface area (Å²) in [5.41, 5.74) is 1.69. The molecular formula is C24H32F3N3O3S. The SMILES string of the molecule is Cc1cc(CC(=O)CC2CCC(CCN3CCc4nc(OCC(F)(F)F)sc4CC3)CC2)on1. The first kappa shape index (κ1) is 25.2. The third-order valence-corrected chi connectivity index (χ3v) is 7.89. The van der Waals surface area contributed by atoms with Crippen molar-refractivity contribution < 1.29 is 27.2 Å². The second-order valence-corrected chi connectivity index (χ2v) is 10.7. The largest absolute Gasteiger partial charge is 0.460 e. The van der Waals surface area contributed by atoms with Gasteiger partial charge in [0.15, 0.2) is 6.61 Å². The zero-order chi connectivity index (χ0) is 24.1. The van der Waals surface area contributed by atoms with Gasteiger partial charge in [0.2, 0.25) is 0 Å². The smallest absolute Gasteiger partial charge is 0.422 e. The predicted molar refractivity (Wildman–Crippen MR) is 122 cm³/mol. The van der Waals surface area contributed by atoms with Gasteiger partial charge in [-0.1, -0.05) is 29.3 Å².